The summed E-state index contributed by atoms with van der Waals surface area (Å²) in [5.41, 5.74) is 5.22. The van der Waals surface area contributed by atoms with Crippen molar-refractivity contribution in [3.05, 3.63) is 28.3 Å². The molecule has 0 bridgehead atoms. The van der Waals surface area contributed by atoms with Crippen molar-refractivity contribution in [2.45, 2.75) is 89.9 Å². The van der Waals surface area contributed by atoms with Crippen LogP contribution in [0.5, 0.6) is 5.75 Å². The maximum atomic E-state index is 11.1. The zero-order chi connectivity index (χ0) is 14.8. The van der Waals surface area contributed by atoms with E-state index < -0.39 is 0 Å². The van der Waals surface area contributed by atoms with E-state index in [0.717, 1.165) is 0 Å². The Balaban J connectivity index is 1.99. The van der Waals surface area contributed by atoms with Gasteiger partial charge in [-0.15, -0.1) is 0 Å². The molecule has 3 rings (SSSR count). The summed E-state index contributed by atoms with van der Waals surface area (Å²) < 4.78 is 0. The minimum absolute atomic E-state index is 0.599. The third-order valence-electron chi connectivity index (χ3n) is 5.82. The third-order valence-corrected chi connectivity index (χ3v) is 5.82. The Morgan fingerprint density at radius 2 is 1.10 bits per heavy atom. The molecule has 1 N–H and O–H groups in total. The Labute approximate surface area is 129 Å². The minimum atomic E-state index is 0.599. The van der Waals surface area contributed by atoms with Crippen LogP contribution in [0.4, 0.5) is 0 Å². The highest BCUT2D eigenvalue weighted by Gasteiger charge is 2.27. The number of rotatable bonds is 2. The Morgan fingerprint density at radius 1 is 0.714 bits per heavy atom. The van der Waals surface area contributed by atoms with E-state index in [0.29, 0.717) is 17.6 Å². The van der Waals surface area contributed by atoms with Gasteiger partial charge in [-0.3, -0.25) is 0 Å². The summed E-state index contributed by atoms with van der Waals surface area (Å²) in [5, 5.41) is 11.1. The number of phenolic OH excluding ortho intramolecular Hbond substituents is 1. The lowest BCUT2D eigenvalue weighted by Gasteiger charge is -2.30. The molecule has 0 heterocycles. The lowest BCUT2D eigenvalue weighted by Crippen LogP contribution is -2.12. The molecule has 0 amide bonds. The first kappa shape index (κ1) is 14.9. The molecule has 2 saturated carbocycles. The number of hydrogen-bond donors (Lipinski definition) is 1. The van der Waals surface area contributed by atoms with Crippen LogP contribution < -0.4 is 0 Å². The van der Waals surface area contributed by atoms with Crippen LogP contribution in [0, 0.1) is 13.8 Å². The number of aryl methyl sites for hydroxylation is 2. The summed E-state index contributed by atoms with van der Waals surface area (Å²) in [5.74, 6) is 1.87. The standard InChI is InChI=1S/C20H30O/c1-14-13-15(2)19(17-11-7-4-8-12-17)20(21)18(14)16-9-5-3-6-10-16/h13,16-17,21H,3-12H2,1-2H3. The van der Waals surface area contributed by atoms with Crippen molar-refractivity contribution in [1.82, 2.24) is 0 Å². The van der Waals surface area contributed by atoms with E-state index in [1.807, 2.05) is 0 Å². The molecular weight excluding hydrogens is 256 g/mol. The molecule has 2 aliphatic rings. The van der Waals surface area contributed by atoms with Crippen molar-refractivity contribution < 1.29 is 5.11 Å². The fourth-order valence-corrected chi connectivity index (χ4v) is 4.81. The largest absolute Gasteiger partial charge is 0.507 e. The summed E-state index contributed by atoms with van der Waals surface area (Å²) >= 11 is 0. The van der Waals surface area contributed by atoms with Crippen molar-refractivity contribution >= 4 is 0 Å². The van der Waals surface area contributed by atoms with Crippen LogP contribution >= 0.6 is 0 Å². The molecule has 2 fully saturated rings. The predicted octanol–water partition coefficient (Wildman–Crippen LogP) is 6.10. The molecule has 21 heavy (non-hydrogen) atoms. The highest BCUT2D eigenvalue weighted by atomic mass is 16.3. The van der Waals surface area contributed by atoms with Crippen molar-refractivity contribution in [2.75, 3.05) is 0 Å². The average Bonchev–Trinajstić information content (AvgIpc) is 2.49. The van der Waals surface area contributed by atoms with E-state index in [9.17, 15) is 5.11 Å². The molecule has 0 aromatic heterocycles. The van der Waals surface area contributed by atoms with Gasteiger partial charge < -0.3 is 5.11 Å². The molecule has 0 saturated heterocycles. The quantitative estimate of drug-likeness (QED) is 0.696. The summed E-state index contributed by atoms with van der Waals surface area (Å²) in [6.07, 6.45) is 13.1. The lowest BCUT2D eigenvalue weighted by atomic mass is 9.76. The summed E-state index contributed by atoms with van der Waals surface area (Å²) in [6, 6.07) is 2.34. The van der Waals surface area contributed by atoms with Crippen LogP contribution in [-0.4, -0.2) is 5.11 Å². The topological polar surface area (TPSA) is 20.2 Å². The monoisotopic (exact) mass is 286 g/mol. The smallest absolute Gasteiger partial charge is 0.123 e. The first-order chi connectivity index (χ1) is 10.2. The second-order valence-electron chi connectivity index (χ2n) is 7.36. The first-order valence-corrected chi connectivity index (χ1v) is 9.01. The van der Waals surface area contributed by atoms with E-state index in [-0.39, 0.29) is 0 Å². The van der Waals surface area contributed by atoms with Crippen LogP contribution in [-0.2, 0) is 0 Å². The molecule has 116 valence electrons. The Kier molecular flexibility index (Phi) is 4.57. The van der Waals surface area contributed by atoms with Gasteiger partial charge in [-0.25, -0.2) is 0 Å². The number of hydrogen-bond acceptors (Lipinski definition) is 1. The number of phenols is 1. The highest BCUT2D eigenvalue weighted by Crippen LogP contribution is 2.46. The molecular formula is C20H30O. The SMILES string of the molecule is Cc1cc(C)c(C2CCCCC2)c(O)c1C1CCCCC1. The Morgan fingerprint density at radius 3 is 1.48 bits per heavy atom. The summed E-state index contributed by atoms with van der Waals surface area (Å²) in [6.45, 7) is 4.39. The van der Waals surface area contributed by atoms with Crippen LogP contribution in [0.3, 0.4) is 0 Å². The van der Waals surface area contributed by atoms with Crippen molar-refractivity contribution in [3.8, 4) is 5.75 Å². The Bertz CT molecular complexity index is 449. The van der Waals surface area contributed by atoms with E-state index in [4.69, 9.17) is 0 Å². The van der Waals surface area contributed by atoms with Gasteiger partial charge in [-0.2, -0.15) is 0 Å². The average molecular weight is 286 g/mol. The molecule has 0 aliphatic heterocycles. The number of aromatic hydroxyl groups is 1. The van der Waals surface area contributed by atoms with Crippen LogP contribution in [0.15, 0.2) is 6.07 Å². The third kappa shape index (κ3) is 2.98. The zero-order valence-corrected chi connectivity index (χ0v) is 13.8. The fraction of sp³-hybridized carbons (Fsp3) is 0.700. The molecule has 1 nitrogen and oxygen atoms in total. The molecule has 0 radical (unpaired) electrons. The molecule has 0 unspecified atom stereocenters. The second-order valence-corrected chi connectivity index (χ2v) is 7.36. The van der Waals surface area contributed by atoms with Crippen molar-refractivity contribution in [3.63, 3.8) is 0 Å². The van der Waals surface area contributed by atoms with Gasteiger partial charge in [-0.1, -0.05) is 44.6 Å². The molecule has 0 atom stereocenters. The van der Waals surface area contributed by atoms with Gasteiger partial charge in [0.2, 0.25) is 0 Å². The molecule has 1 aromatic carbocycles. The molecule has 2 aliphatic carbocycles. The zero-order valence-electron chi connectivity index (χ0n) is 13.8. The predicted molar refractivity (Wildman–Crippen MR) is 89.2 cm³/mol. The molecule has 0 spiro atoms. The normalized spacial score (nSPS) is 21.6. The fourth-order valence-electron chi connectivity index (χ4n) is 4.81. The van der Waals surface area contributed by atoms with Crippen LogP contribution in [0.25, 0.3) is 0 Å². The van der Waals surface area contributed by atoms with Gasteiger partial charge in [0.15, 0.2) is 0 Å². The maximum absolute atomic E-state index is 11.1. The van der Waals surface area contributed by atoms with Crippen molar-refractivity contribution in [1.29, 1.82) is 0 Å². The maximum Gasteiger partial charge on any atom is 0.123 e. The molecule has 1 heteroatoms. The first-order valence-electron chi connectivity index (χ1n) is 9.01. The van der Waals surface area contributed by atoms with E-state index in [1.165, 1.54) is 86.5 Å². The van der Waals surface area contributed by atoms with Crippen molar-refractivity contribution in [2.24, 2.45) is 0 Å². The van der Waals surface area contributed by atoms with Gasteiger partial charge in [0.25, 0.3) is 0 Å². The number of benzene rings is 1. The molecule has 1 aromatic rings. The van der Waals surface area contributed by atoms with Gasteiger partial charge in [0, 0.05) is 11.1 Å². The highest BCUT2D eigenvalue weighted by molar-refractivity contribution is 5.53. The van der Waals surface area contributed by atoms with Gasteiger partial charge >= 0.3 is 0 Å². The Hall–Kier alpha value is -0.980. The second kappa shape index (κ2) is 6.42. The minimum Gasteiger partial charge on any atom is -0.507 e. The van der Waals surface area contributed by atoms with Gasteiger partial charge in [-0.05, 0) is 62.5 Å². The van der Waals surface area contributed by atoms with Crippen LogP contribution in [0.2, 0.25) is 0 Å². The summed E-state index contributed by atoms with van der Waals surface area (Å²) in [7, 11) is 0. The van der Waals surface area contributed by atoms with E-state index in [2.05, 4.69) is 19.9 Å². The van der Waals surface area contributed by atoms with Gasteiger partial charge in [0.1, 0.15) is 5.75 Å². The summed E-state index contributed by atoms with van der Waals surface area (Å²) in [4.78, 5) is 0. The lowest BCUT2D eigenvalue weighted by molar-refractivity contribution is 0.391. The van der Waals surface area contributed by atoms with Crippen LogP contribution in [0.1, 0.15) is 98.3 Å². The van der Waals surface area contributed by atoms with E-state index >= 15 is 0 Å². The van der Waals surface area contributed by atoms with E-state index in [1.54, 1.807) is 0 Å². The van der Waals surface area contributed by atoms with Gasteiger partial charge in [0.05, 0.1) is 0 Å².